The molecule has 1 amide bonds. The molecule has 0 atom stereocenters. The number of carbonyl (C=O) groups excluding carboxylic acids is 1. The number of nitrogens with one attached hydrogen (secondary N) is 2. The molecule has 0 aliphatic heterocycles. The van der Waals surface area contributed by atoms with Crippen molar-refractivity contribution in [2.24, 2.45) is 0 Å². The summed E-state index contributed by atoms with van der Waals surface area (Å²) in [6, 6.07) is 9.91. The van der Waals surface area contributed by atoms with Gasteiger partial charge in [0, 0.05) is 5.69 Å². The molecule has 0 saturated heterocycles. The largest absolute Gasteiger partial charge is 0.497 e. The molecule has 0 heterocycles. The Balaban J connectivity index is 2.05. The predicted molar refractivity (Wildman–Crippen MR) is 99.3 cm³/mol. The van der Waals surface area contributed by atoms with E-state index in [4.69, 9.17) is 9.47 Å². The average molecular weight is 378 g/mol. The van der Waals surface area contributed by atoms with Gasteiger partial charge < -0.3 is 14.8 Å². The van der Waals surface area contributed by atoms with E-state index in [1.54, 1.807) is 51.3 Å². The van der Waals surface area contributed by atoms with Crippen molar-refractivity contribution in [3.63, 3.8) is 0 Å². The van der Waals surface area contributed by atoms with Crippen LogP contribution in [0.3, 0.4) is 0 Å². The Morgan fingerprint density at radius 2 is 1.65 bits per heavy atom. The van der Waals surface area contributed by atoms with E-state index in [1.807, 2.05) is 0 Å². The Morgan fingerprint density at radius 1 is 1.00 bits per heavy atom. The standard InChI is InChI=1S/C18H22N2O5S/c1-12-10-17(13(2)9-16(12)25-4)26(22,23)19-11-18(21)20-14-5-7-15(24-3)8-6-14/h5-10,19H,11H2,1-4H3,(H,20,21). The first-order valence-corrected chi connectivity index (χ1v) is 9.34. The van der Waals surface area contributed by atoms with Crippen molar-refractivity contribution in [3.8, 4) is 11.5 Å². The number of hydrogen-bond acceptors (Lipinski definition) is 5. The van der Waals surface area contributed by atoms with Crippen molar-refractivity contribution in [2.75, 3.05) is 26.1 Å². The number of ether oxygens (including phenoxy) is 2. The molecule has 0 bridgehead atoms. The van der Waals surface area contributed by atoms with Crippen molar-refractivity contribution in [3.05, 3.63) is 47.5 Å². The summed E-state index contributed by atoms with van der Waals surface area (Å²) in [7, 11) is -0.750. The highest BCUT2D eigenvalue weighted by atomic mass is 32.2. The van der Waals surface area contributed by atoms with E-state index in [1.165, 1.54) is 13.2 Å². The Hall–Kier alpha value is -2.58. The third-order valence-electron chi connectivity index (χ3n) is 3.78. The smallest absolute Gasteiger partial charge is 0.241 e. The highest BCUT2D eigenvalue weighted by molar-refractivity contribution is 7.89. The lowest BCUT2D eigenvalue weighted by Crippen LogP contribution is -2.33. The number of benzene rings is 2. The number of anilines is 1. The number of methoxy groups -OCH3 is 2. The summed E-state index contributed by atoms with van der Waals surface area (Å²) in [5.74, 6) is 0.800. The van der Waals surface area contributed by atoms with Crippen LogP contribution in [0, 0.1) is 13.8 Å². The number of rotatable bonds is 7. The molecule has 2 aromatic rings. The number of hydrogen-bond donors (Lipinski definition) is 2. The van der Waals surface area contributed by atoms with Crippen LogP contribution in [0.25, 0.3) is 0 Å². The first-order chi connectivity index (χ1) is 12.3. The van der Waals surface area contributed by atoms with E-state index in [-0.39, 0.29) is 11.4 Å². The van der Waals surface area contributed by atoms with Crippen LogP contribution in [0.4, 0.5) is 5.69 Å². The second-order valence-electron chi connectivity index (χ2n) is 5.69. The van der Waals surface area contributed by atoms with Gasteiger partial charge in [0.25, 0.3) is 0 Å². The van der Waals surface area contributed by atoms with E-state index in [0.717, 1.165) is 0 Å². The monoisotopic (exact) mass is 378 g/mol. The van der Waals surface area contributed by atoms with Gasteiger partial charge in [-0.3, -0.25) is 4.79 Å². The van der Waals surface area contributed by atoms with Gasteiger partial charge in [-0.15, -0.1) is 0 Å². The van der Waals surface area contributed by atoms with Crippen LogP contribution in [0.1, 0.15) is 11.1 Å². The summed E-state index contributed by atoms with van der Waals surface area (Å²) in [5, 5.41) is 2.62. The molecular formula is C18H22N2O5S. The summed E-state index contributed by atoms with van der Waals surface area (Å²) in [4.78, 5) is 12.1. The van der Waals surface area contributed by atoms with E-state index in [9.17, 15) is 13.2 Å². The second kappa shape index (κ2) is 8.20. The maximum Gasteiger partial charge on any atom is 0.241 e. The Bertz CT molecular complexity index is 893. The lowest BCUT2D eigenvalue weighted by molar-refractivity contribution is -0.115. The van der Waals surface area contributed by atoms with Gasteiger partial charge in [-0.05, 0) is 61.4 Å². The molecule has 0 unspecified atom stereocenters. The molecule has 0 radical (unpaired) electrons. The summed E-state index contributed by atoms with van der Waals surface area (Å²) in [6.07, 6.45) is 0. The van der Waals surface area contributed by atoms with Gasteiger partial charge in [-0.25, -0.2) is 13.1 Å². The fourth-order valence-corrected chi connectivity index (χ4v) is 3.68. The molecule has 8 heteroatoms. The highest BCUT2D eigenvalue weighted by Crippen LogP contribution is 2.25. The third kappa shape index (κ3) is 4.74. The normalized spacial score (nSPS) is 11.1. The van der Waals surface area contributed by atoms with Crippen LogP contribution < -0.4 is 19.5 Å². The van der Waals surface area contributed by atoms with Crippen molar-refractivity contribution in [1.29, 1.82) is 0 Å². The molecule has 0 spiro atoms. The maximum absolute atomic E-state index is 12.5. The summed E-state index contributed by atoms with van der Waals surface area (Å²) < 4.78 is 37.5. The van der Waals surface area contributed by atoms with Crippen molar-refractivity contribution in [1.82, 2.24) is 4.72 Å². The lowest BCUT2D eigenvalue weighted by Gasteiger charge is -2.13. The first kappa shape index (κ1) is 19.7. The minimum absolute atomic E-state index is 0.119. The Labute approximate surface area is 153 Å². The number of carbonyl (C=O) groups is 1. The maximum atomic E-state index is 12.5. The SMILES string of the molecule is COc1ccc(NC(=O)CNS(=O)(=O)c2cc(C)c(OC)cc2C)cc1. The summed E-state index contributed by atoms with van der Waals surface area (Å²) in [6.45, 7) is 3.06. The van der Waals surface area contributed by atoms with Gasteiger partial charge in [0.1, 0.15) is 11.5 Å². The van der Waals surface area contributed by atoms with Gasteiger partial charge in [0.15, 0.2) is 0 Å². The zero-order valence-electron chi connectivity index (χ0n) is 15.1. The molecule has 7 nitrogen and oxygen atoms in total. The van der Waals surface area contributed by atoms with Crippen LogP contribution >= 0.6 is 0 Å². The van der Waals surface area contributed by atoms with Gasteiger partial charge >= 0.3 is 0 Å². The van der Waals surface area contributed by atoms with Crippen LogP contribution in [-0.4, -0.2) is 35.1 Å². The summed E-state index contributed by atoms with van der Waals surface area (Å²) >= 11 is 0. The molecule has 0 saturated carbocycles. The molecule has 2 N–H and O–H groups in total. The minimum atomic E-state index is -3.82. The van der Waals surface area contributed by atoms with Crippen LogP contribution in [0.15, 0.2) is 41.3 Å². The molecule has 0 aliphatic carbocycles. The molecular weight excluding hydrogens is 356 g/mol. The molecule has 0 aliphatic rings. The first-order valence-electron chi connectivity index (χ1n) is 7.85. The third-order valence-corrected chi connectivity index (χ3v) is 5.32. The molecule has 2 aromatic carbocycles. The zero-order chi connectivity index (χ0) is 19.3. The van der Waals surface area contributed by atoms with E-state index < -0.39 is 15.9 Å². The van der Waals surface area contributed by atoms with Gasteiger partial charge in [0.05, 0.1) is 25.7 Å². The average Bonchev–Trinajstić information content (AvgIpc) is 2.62. The molecule has 0 fully saturated rings. The second-order valence-corrected chi connectivity index (χ2v) is 7.42. The van der Waals surface area contributed by atoms with Crippen LogP contribution in [-0.2, 0) is 14.8 Å². The molecule has 26 heavy (non-hydrogen) atoms. The van der Waals surface area contributed by atoms with Gasteiger partial charge in [-0.1, -0.05) is 0 Å². The highest BCUT2D eigenvalue weighted by Gasteiger charge is 2.19. The van der Waals surface area contributed by atoms with Crippen LogP contribution in [0.2, 0.25) is 0 Å². The van der Waals surface area contributed by atoms with Crippen molar-refractivity contribution in [2.45, 2.75) is 18.7 Å². The summed E-state index contributed by atoms with van der Waals surface area (Å²) in [5.41, 5.74) is 1.78. The van der Waals surface area contributed by atoms with E-state index in [0.29, 0.717) is 28.3 Å². The topological polar surface area (TPSA) is 93.7 Å². The number of amides is 1. The lowest BCUT2D eigenvalue weighted by atomic mass is 10.1. The minimum Gasteiger partial charge on any atom is -0.497 e. The fraction of sp³-hybridized carbons (Fsp3) is 0.278. The van der Waals surface area contributed by atoms with Crippen molar-refractivity contribution >= 4 is 21.6 Å². The number of aryl methyl sites for hydroxylation is 2. The van der Waals surface area contributed by atoms with Gasteiger partial charge in [0.2, 0.25) is 15.9 Å². The Kier molecular flexibility index (Phi) is 6.23. The van der Waals surface area contributed by atoms with Gasteiger partial charge in [-0.2, -0.15) is 0 Å². The van der Waals surface area contributed by atoms with Crippen LogP contribution in [0.5, 0.6) is 11.5 Å². The molecule has 140 valence electrons. The van der Waals surface area contributed by atoms with E-state index in [2.05, 4.69) is 10.0 Å². The molecule has 2 rings (SSSR count). The van der Waals surface area contributed by atoms with E-state index >= 15 is 0 Å². The Morgan fingerprint density at radius 3 is 2.23 bits per heavy atom. The fourth-order valence-electron chi connectivity index (χ4n) is 2.39. The zero-order valence-corrected chi connectivity index (χ0v) is 15.9. The number of sulfonamides is 1. The van der Waals surface area contributed by atoms with Crippen molar-refractivity contribution < 1.29 is 22.7 Å². The quantitative estimate of drug-likeness (QED) is 0.771. The predicted octanol–water partition coefficient (Wildman–Crippen LogP) is 2.24. The molecule has 0 aromatic heterocycles.